The molecule has 19 heavy (non-hydrogen) atoms. The van der Waals surface area contributed by atoms with Gasteiger partial charge in [0, 0.05) is 35.5 Å². The van der Waals surface area contributed by atoms with Crippen LogP contribution >= 0.6 is 0 Å². The van der Waals surface area contributed by atoms with Gasteiger partial charge in [0.2, 0.25) is 0 Å². The maximum atomic E-state index is 9.28. The predicted molar refractivity (Wildman–Crippen MR) is 66.7 cm³/mol. The van der Waals surface area contributed by atoms with Gasteiger partial charge in [-0.3, -0.25) is 0 Å². The van der Waals surface area contributed by atoms with E-state index >= 15 is 0 Å². The van der Waals surface area contributed by atoms with E-state index in [4.69, 9.17) is 35.8 Å². The van der Waals surface area contributed by atoms with E-state index in [1.165, 1.54) is 35.5 Å². The summed E-state index contributed by atoms with van der Waals surface area (Å²) in [5.74, 6) is 0. The lowest BCUT2D eigenvalue weighted by molar-refractivity contribution is -0.0521. The zero-order chi connectivity index (χ0) is 14.9. The number of hydrogen-bond donors (Lipinski definition) is 2. The molecule has 0 aromatic carbocycles. The second-order valence-electron chi connectivity index (χ2n) is 3.27. The van der Waals surface area contributed by atoms with Gasteiger partial charge in [0.05, 0.1) is 19.3 Å². The lowest BCUT2D eigenvalue weighted by Crippen LogP contribution is -2.60. The van der Waals surface area contributed by atoms with Crippen molar-refractivity contribution in [3.63, 3.8) is 0 Å². The summed E-state index contributed by atoms with van der Waals surface area (Å²) < 4.78 is 36.3. The molecule has 0 aliphatic heterocycles. The molecule has 9 nitrogen and oxygen atoms in total. The van der Waals surface area contributed by atoms with Crippen molar-refractivity contribution in [2.24, 2.45) is 0 Å². The van der Waals surface area contributed by atoms with E-state index in [1.54, 1.807) is 0 Å². The summed E-state index contributed by atoms with van der Waals surface area (Å²) in [6.07, 6.45) is -1.08. The molecule has 0 rings (SSSR count). The Bertz CT molecular complexity index is 226. The molecule has 0 aliphatic rings. The second kappa shape index (κ2) is 9.09. The molecular formula is C8H22O9Si2. The number of hydrogen-bond acceptors (Lipinski definition) is 9. The lowest BCUT2D eigenvalue weighted by Gasteiger charge is -2.32. The molecule has 1 unspecified atom stereocenters. The Morgan fingerprint density at radius 2 is 1.26 bits per heavy atom. The van der Waals surface area contributed by atoms with E-state index in [9.17, 15) is 5.11 Å². The molecule has 0 radical (unpaired) electrons. The monoisotopic (exact) mass is 318 g/mol. The molecule has 11 heteroatoms. The molecule has 0 bridgehead atoms. The first kappa shape index (κ1) is 19.1. The van der Waals surface area contributed by atoms with Crippen molar-refractivity contribution >= 4 is 18.1 Å². The first-order valence-electron chi connectivity index (χ1n) is 5.35. The van der Waals surface area contributed by atoms with Gasteiger partial charge in [-0.15, -0.1) is 0 Å². The molecule has 0 spiro atoms. The molecule has 0 aromatic rings. The Morgan fingerprint density at radius 3 is 1.58 bits per heavy atom. The predicted octanol–water partition coefficient (Wildman–Crippen LogP) is -1.52. The Balaban J connectivity index is 4.86. The highest BCUT2D eigenvalue weighted by atomic mass is 28.5. The molecular weight excluding hydrogens is 296 g/mol. The van der Waals surface area contributed by atoms with Crippen LogP contribution in [0.15, 0.2) is 0 Å². The minimum atomic E-state index is -3.61. The van der Waals surface area contributed by atoms with Crippen molar-refractivity contribution in [2.45, 2.75) is 6.10 Å². The Kier molecular flexibility index (Phi) is 9.13. The molecule has 116 valence electrons. The Hall–Kier alpha value is 0.0738. The molecule has 0 heterocycles. The fourth-order valence-electron chi connectivity index (χ4n) is 1.09. The van der Waals surface area contributed by atoms with Crippen molar-refractivity contribution in [1.29, 1.82) is 0 Å². The highest BCUT2D eigenvalue weighted by Gasteiger charge is 2.57. The average Bonchev–Trinajstić information content (AvgIpc) is 2.48. The second-order valence-corrected chi connectivity index (χ2v) is 8.42. The average molecular weight is 318 g/mol. The van der Waals surface area contributed by atoms with Crippen molar-refractivity contribution in [2.75, 3.05) is 48.8 Å². The van der Waals surface area contributed by atoms with E-state index < -0.39 is 30.8 Å². The van der Waals surface area contributed by atoms with E-state index in [0.29, 0.717) is 0 Å². The molecule has 2 N–H and O–H groups in total. The van der Waals surface area contributed by atoms with Crippen molar-refractivity contribution in [1.82, 2.24) is 0 Å². The third kappa shape index (κ3) is 5.52. The lowest BCUT2D eigenvalue weighted by atomic mass is 10.4. The summed E-state index contributed by atoms with van der Waals surface area (Å²) in [6, 6.07) is 0. The van der Waals surface area contributed by atoms with Crippen LogP contribution < -0.4 is 0 Å². The number of aliphatic hydroxyl groups excluding tert-OH is 2. The van der Waals surface area contributed by atoms with Gasteiger partial charge in [0.15, 0.2) is 0 Å². The molecule has 0 saturated carbocycles. The summed E-state index contributed by atoms with van der Waals surface area (Å²) >= 11 is 0. The Labute approximate surface area is 114 Å². The standard InChI is InChI=1S/C8H22O9Si2/c1-11-18(12-2,13-3)17-19(14-4,15-5)16-7-8(10)6-9/h8-10H,6-7H2,1-5H3. The molecule has 0 aliphatic carbocycles. The van der Waals surface area contributed by atoms with Crippen molar-refractivity contribution < 1.29 is 40.9 Å². The summed E-state index contributed by atoms with van der Waals surface area (Å²) in [4.78, 5) is 0. The van der Waals surface area contributed by atoms with E-state index in [1.807, 2.05) is 0 Å². The summed E-state index contributed by atoms with van der Waals surface area (Å²) in [5, 5.41) is 18.0. The van der Waals surface area contributed by atoms with Gasteiger partial charge in [-0.1, -0.05) is 0 Å². The van der Waals surface area contributed by atoms with Crippen LogP contribution in [-0.4, -0.2) is 83.2 Å². The van der Waals surface area contributed by atoms with Gasteiger partial charge in [-0.25, -0.2) is 0 Å². The first-order valence-corrected chi connectivity index (χ1v) is 8.62. The minimum absolute atomic E-state index is 0.230. The van der Waals surface area contributed by atoms with Gasteiger partial charge >= 0.3 is 18.1 Å². The van der Waals surface area contributed by atoms with Crippen LogP contribution in [-0.2, 0) is 30.7 Å². The zero-order valence-electron chi connectivity index (χ0n) is 11.7. The van der Waals surface area contributed by atoms with Crippen LogP contribution in [0.3, 0.4) is 0 Å². The van der Waals surface area contributed by atoms with Crippen LogP contribution in [0, 0.1) is 0 Å². The van der Waals surface area contributed by atoms with Gasteiger partial charge in [0.25, 0.3) is 0 Å². The van der Waals surface area contributed by atoms with Crippen LogP contribution in [0.25, 0.3) is 0 Å². The van der Waals surface area contributed by atoms with Crippen LogP contribution in [0.2, 0.25) is 0 Å². The number of aliphatic hydroxyl groups is 2. The normalized spacial score (nSPS) is 14.7. The van der Waals surface area contributed by atoms with Gasteiger partial charge in [0.1, 0.15) is 0 Å². The van der Waals surface area contributed by atoms with E-state index in [2.05, 4.69) is 0 Å². The first-order chi connectivity index (χ1) is 8.96. The Morgan fingerprint density at radius 1 is 0.842 bits per heavy atom. The third-order valence-electron chi connectivity index (χ3n) is 2.16. The maximum Gasteiger partial charge on any atom is 0.673 e. The minimum Gasteiger partial charge on any atom is -0.394 e. The van der Waals surface area contributed by atoms with Crippen molar-refractivity contribution in [3.8, 4) is 0 Å². The summed E-state index contributed by atoms with van der Waals surface area (Å²) in [6.45, 7) is -0.689. The summed E-state index contributed by atoms with van der Waals surface area (Å²) in [7, 11) is -0.338. The topological polar surface area (TPSA) is 105 Å². The van der Waals surface area contributed by atoms with Crippen LogP contribution in [0.1, 0.15) is 0 Å². The van der Waals surface area contributed by atoms with E-state index in [-0.39, 0.29) is 6.61 Å². The van der Waals surface area contributed by atoms with Gasteiger partial charge < -0.3 is 40.9 Å². The highest BCUT2D eigenvalue weighted by molar-refractivity contribution is 6.68. The van der Waals surface area contributed by atoms with Crippen LogP contribution in [0.5, 0.6) is 0 Å². The molecule has 0 fully saturated rings. The largest absolute Gasteiger partial charge is 0.673 e. The van der Waals surface area contributed by atoms with Gasteiger partial charge in [-0.05, 0) is 0 Å². The highest BCUT2D eigenvalue weighted by Crippen LogP contribution is 2.19. The zero-order valence-corrected chi connectivity index (χ0v) is 13.7. The quantitative estimate of drug-likeness (QED) is 0.439. The van der Waals surface area contributed by atoms with Crippen molar-refractivity contribution in [3.05, 3.63) is 0 Å². The fourth-order valence-corrected chi connectivity index (χ4v) is 5.52. The van der Waals surface area contributed by atoms with Gasteiger partial charge in [-0.2, -0.15) is 0 Å². The molecule has 1 atom stereocenters. The smallest absolute Gasteiger partial charge is 0.394 e. The van der Waals surface area contributed by atoms with E-state index in [0.717, 1.165) is 0 Å². The number of rotatable bonds is 11. The molecule has 0 aromatic heterocycles. The SMILES string of the molecule is CO[Si](OC)(OC)O[Si](OC)(OC)OCC(O)CO. The van der Waals surface area contributed by atoms with Crippen LogP contribution in [0.4, 0.5) is 0 Å². The fraction of sp³-hybridized carbons (Fsp3) is 1.00. The third-order valence-corrected chi connectivity index (χ3v) is 7.18. The summed E-state index contributed by atoms with van der Waals surface area (Å²) in [5.41, 5.74) is 0. The molecule has 0 amide bonds. The molecule has 0 saturated heterocycles. The maximum absolute atomic E-state index is 9.28.